The van der Waals surface area contributed by atoms with Gasteiger partial charge in [-0.05, 0) is 23.3 Å². The van der Waals surface area contributed by atoms with Crippen LogP contribution in [0.3, 0.4) is 0 Å². The number of hydrogen-bond donors (Lipinski definition) is 1. The quantitative estimate of drug-likeness (QED) is 0.735. The van der Waals surface area contributed by atoms with Crippen molar-refractivity contribution in [3.05, 3.63) is 35.1 Å². The third kappa shape index (κ3) is 2.53. The molecular formula is C10H12FNO2. The second-order valence-corrected chi connectivity index (χ2v) is 2.87. The number of carbonyl (C=O) groups is 1. The molecule has 0 aliphatic carbocycles. The highest BCUT2D eigenvalue weighted by Crippen LogP contribution is 2.12. The first kappa shape index (κ1) is 10.7. The molecule has 4 heteroatoms. The van der Waals surface area contributed by atoms with Gasteiger partial charge in [0.2, 0.25) is 0 Å². The maximum absolute atomic E-state index is 12.8. The molecule has 0 heterocycles. The molecule has 1 aromatic rings. The van der Waals surface area contributed by atoms with E-state index in [4.69, 9.17) is 5.73 Å². The van der Waals surface area contributed by atoms with Gasteiger partial charge in [-0.25, -0.2) is 4.39 Å². The number of esters is 1. The van der Waals surface area contributed by atoms with Crippen LogP contribution in [0.4, 0.5) is 4.39 Å². The zero-order chi connectivity index (χ0) is 10.6. The Morgan fingerprint density at radius 1 is 1.50 bits per heavy atom. The van der Waals surface area contributed by atoms with Crippen molar-refractivity contribution in [3.8, 4) is 0 Å². The molecule has 0 spiro atoms. The van der Waals surface area contributed by atoms with Gasteiger partial charge in [0.25, 0.3) is 0 Å². The Balaban J connectivity index is 2.93. The van der Waals surface area contributed by atoms with Crippen LogP contribution in [-0.4, -0.2) is 13.1 Å². The molecule has 0 atom stereocenters. The van der Waals surface area contributed by atoms with Crippen molar-refractivity contribution >= 4 is 5.97 Å². The molecule has 0 saturated carbocycles. The van der Waals surface area contributed by atoms with Gasteiger partial charge in [-0.2, -0.15) is 0 Å². The summed E-state index contributed by atoms with van der Waals surface area (Å²) in [5.41, 5.74) is 6.79. The second-order valence-electron chi connectivity index (χ2n) is 2.87. The number of nitrogens with two attached hydrogens (primary N) is 1. The molecule has 0 amide bonds. The van der Waals surface area contributed by atoms with Gasteiger partial charge in [-0.1, -0.05) is 6.07 Å². The second kappa shape index (κ2) is 4.72. The fourth-order valence-corrected chi connectivity index (χ4v) is 1.19. The molecule has 0 bridgehead atoms. The summed E-state index contributed by atoms with van der Waals surface area (Å²) in [6.45, 7) is 0.284. The molecule has 0 saturated heterocycles. The lowest BCUT2D eigenvalue weighted by Crippen LogP contribution is -2.09. The Labute approximate surface area is 81.7 Å². The molecule has 1 rings (SSSR count). The average molecular weight is 197 g/mol. The molecule has 0 fully saturated rings. The van der Waals surface area contributed by atoms with Crippen LogP contribution in [-0.2, 0) is 22.5 Å². The van der Waals surface area contributed by atoms with E-state index in [1.54, 1.807) is 6.07 Å². The van der Waals surface area contributed by atoms with Gasteiger partial charge in [0, 0.05) is 6.54 Å². The van der Waals surface area contributed by atoms with Crippen LogP contribution in [0.15, 0.2) is 18.2 Å². The number of ether oxygens (including phenoxy) is 1. The van der Waals surface area contributed by atoms with E-state index in [0.717, 1.165) is 5.56 Å². The zero-order valence-corrected chi connectivity index (χ0v) is 7.92. The minimum absolute atomic E-state index is 0.0563. The summed E-state index contributed by atoms with van der Waals surface area (Å²) >= 11 is 0. The highest BCUT2D eigenvalue weighted by Gasteiger charge is 2.08. The minimum Gasteiger partial charge on any atom is -0.469 e. The van der Waals surface area contributed by atoms with E-state index in [9.17, 15) is 9.18 Å². The summed E-state index contributed by atoms with van der Waals surface area (Å²) in [6, 6.07) is 4.20. The predicted molar refractivity (Wildman–Crippen MR) is 50.0 cm³/mol. The standard InChI is InChI=1S/C10H12FNO2/c1-14-10(13)5-8-4-9(11)3-2-7(8)6-12/h2-4H,5-6,12H2,1H3. The summed E-state index contributed by atoms with van der Waals surface area (Å²) in [6.07, 6.45) is 0.0563. The van der Waals surface area contributed by atoms with Gasteiger partial charge in [0.05, 0.1) is 13.5 Å². The lowest BCUT2D eigenvalue weighted by molar-refractivity contribution is -0.139. The highest BCUT2D eigenvalue weighted by molar-refractivity contribution is 5.72. The minimum atomic E-state index is -0.398. The fourth-order valence-electron chi connectivity index (χ4n) is 1.19. The first-order chi connectivity index (χ1) is 6.67. The maximum atomic E-state index is 12.8. The third-order valence-corrected chi connectivity index (χ3v) is 1.95. The van der Waals surface area contributed by atoms with Crippen LogP contribution in [0.5, 0.6) is 0 Å². The number of methoxy groups -OCH3 is 1. The Morgan fingerprint density at radius 3 is 2.79 bits per heavy atom. The van der Waals surface area contributed by atoms with E-state index in [2.05, 4.69) is 4.74 Å². The number of rotatable bonds is 3. The van der Waals surface area contributed by atoms with Crippen LogP contribution in [0, 0.1) is 5.82 Å². The monoisotopic (exact) mass is 197 g/mol. The lowest BCUT2D eigenvalue weighted by Gasteiger charge is -2.06. The summed E-state index contributed by atoms with van der Waals surface area (Å²) in [5.74, 6) is -0.772. The average Bonchev–Trinajstić information content (AvgIpc) is 2.18. The maximum Gasteiger partial charge on any atom is 0.309 e. The third-order valence-electron chi connectivity index (χ3n) is 1.95. The summed E-state index contributed by atoms with van der Waals surface area (Å²) < 4.78 is 17.3. The molecule has 1 aromatic carbocycles. The van der Waals surface area contributed by atoms with Crippen molar-refractivity contribution < 1.29 is 13.9 Å². The number of halogens is 1. The van der Waals surface area contributed by atoms with Crippen LogP contribution >= 0.6 is 0 Å². The van der Waals surface area contributed by atoms with Crippen LogP contribution in [0.25, 0.3) is 0 Å². The molecule has 0 unspecified atom stereocenters. The zero-order valence-electron chi connectivity index (χ0n) is 7.92. The smallest absolute Gasteiger partial charge is 0.309 e. The van der Waals surface area contributed by atoms with E-state index in [1.165, 1.54) is 19.2 Å². The molecule has 0 aromatic heterocycles. The van der Waals surface area contributed by atoms with E-state index < -0.39 is 5.97 Å². The Bertz CT molecular complexity index is 339. The van der Waals surface area contributed by atoms with E-state index >= 15 is 0 Å². The molecule has 14 heavy (non-hydrogen) atoms. The Kier molecular flexibility index (Phi) is 3.59. The van der Waals surface area contributed by atoms with Crippen molar-refractivity contribution in [2.75, 3.05) is 7.11 Å². The van der Waals surface area contributed by atoms with Gasteiger partial charge in [0.1, 0.15) is 5.82 Å². The van der Waals surface area contributed by atoms with Crippen molar-refractivity contribution in [1.29, 1.82) is 0 Å². The predicted octanol–water partition coefficient (Wildman–Crippen LogP) is 1.000. The van der Waals surface area contributed by atoms with Crippen molar-refractivity contribution in [1.82, 2.24) is 0 Å². The van der Waals surface area contributed by atoms with Gasteiger partial charge < -0.3 is 10.5 Å². The highest BCUT2D eigenvalue weighted by atomic mass is 19.1. The normalized spacial score (nSPS) is 9.93. The summed E-state index contributed by atoms with van der Waals surface area (Å²) in [5, 5.41) is 0. The van der Waals surface area contributed by atoms with Crippen LogP contribution < -0.4 is 5.73 Å². The summed E-state index contributed by atoms with van der Waals surface area (Å²) in [4.78, 5) is 11.0. The molecule has 2 N–H and O–H groups in total. The van der Waals surface area contributed by atoms with Crippen molar-refractivity contribution in [2.24, 2.45) is 5.73 Å². The van der Waals surface area contributed by atoms with Crippen LogP contribution in [0.2, 0.25) is 0 Å². The first-order valence-electron chi connectivity index (χ1n) is 4.21. The number of benzene rings is 1. The van der Waals surface area contributed by atoms with Crippen molar-refractivity contribution in [2.45, 2.75) is 13.0 Å². The fraction of sp³-hybridized carbons (Fsp3) is 0.300. The van der Waals surface area contributed by atoms with E-state index in [-0.39, 0.29) is 18.8 Å². The first-order valence-corrected chi connectivity index (χ1v) is 4.21. The van der Waals surface area contributed by atoms with Gasteiger partial charge in [-0.15, -0.1) is 0 Å². The van der Waals surface area contributed by atoms with Crippen molar-refractivity contribution in [3.63, 3.8) is 0 Å². The topological polar surface area (TPSA) is 52.3 Å². The SMILES string of the molecule is COC(=O)Cc1cc(F)ccc1CN. The molecule has 0 radical (unpaired) electrons. The summed E-state index contributed by atoms with van der Waals surface area (Å²) in [7, 11) is 1.30. The van der Waals surface area contributed by atoms with E-state index in [0.29, 0.717) is 5.56 Å². The number of hydrogen-bond acceptors (Lipinski definition) is 3. The Morgan fingerprint density at radius 2 is 2.21 bits per heavy atom. The molecule has 0 aliphatic heterocycles. The lowest BCUT2D eigenvalue weighted by atomic mass is 10.0. The molecular weight excluding hydrogens is 185 g/mol. The van der Waals surface area contributed by atoms with Gasteiger partial charge in [0.15, 0.2) is 0 Å². The van der Waals surface area contributed by atoms with Crippen LogP contribution in [0.1, 0.15) is 11.1 Å². The van der Waals surface area contributed by atoms with Gasteiger partial charge >= 0.3 is 5.97 Å². The number of carbonyl (C=O) groups excluding carboxylic acids is 1. The molecule has 0 aliphatic rings. The van der Waals surface area contributed by atoms with E-state index in [1.807, 2.05) is 0 Å². The van der Waals surface area contributed by atoms with Gasteiger partial charge in [-0.3, -0.25) is 4.79 Å². The molecule has 76 valence electrons. The largest absolute Gasteiger partial charge is 0.469 e. The Hall–Kier alpha value is -1.42. The molecule has 3 nitrogen and oxygen atoms in total.